The number of hydrogen-bond acceptors (Lipinski definition) is 8. The summed E-state index contributed by atoms with van der Waals surface area (Å²) in [6, 6.07) is 6.31. The summed E-state index contributed by atoms with van der Waals surface area (Å²) in [5.41, 5.74) is 0. The van der Waals surface area contributed by atoms with Crippen molar-refractivity contribution in [3.8, 4) is 0 Å². The molecule has 2 fully saturated rings. The SMILES string of the molecule is O=S1(=O)C[C@H](NCC(c2ccco2)N2CCCCC2)[C@@H](S(=O)(=O)c2cccs2)C1. The predicted octanol–water partition coefficient (Wildman–Crippen LogP) is 2.10. The monoisotopic (exact) mass is 458 g/mol. The van der Waals surface area contributed by atoms with E-state index in [9.17, 15) is 16.8 Å². The summed E-state index contributed by atoms with van der Waals surface area (Å²) < 4.78 is 56.6. The molecule has 0 radical (unpaired) electrons. The third kappa shape index (κ3) is 4.61. The number of piperidine rings is 1. The smallest absolute Gasteiger partial charge is 0.193 e. The summed E-state index contributed by atoms with van der Waals surface area (Å²) in [4.78, 5) is 2.33. The van der Waals surface area contributed by atoms with Crippen molar-refractivity contribution in [3.05, 3.63) is 41.7 Å². The largest absolute Gasteiger partial charge is 0.468 e. The van der Waals surface area contributed by atoms with Crippen molar-refractivity contribution in [1.29, 1.82) is 0 Å². The fraction of sp³-hybridized carbons (Fsp3) is 0.579. The molecule has 2 saturated heterocycles. The van der Waals surface area contributed by atoms with Crippen molar-refractivity contribution >= 4 is 31.0 Å². The van der Waals surface area contributed by atoms with E-state index in [2.05, 4.69) is 10.2 Å². The Morgan fingerprint density at radius 2 is 1.97 bits per heavy atom. The highest BCUT2D eigenvalue weighted by Gasteiger charge is 2.46. The highest BCUT2D eigenvalue weighted by atomic mass is 32.2. The summed E-state index contributed by atoms with van der Waals surface area (Å²) >= 11 is 1.13. The van der Waals surface area contributed by atoms with Gasteiger partial charge in [-0.1, -0.05) is 12.5 Å². The summed E-state index contributed by atoms with van der Waals surface area (Å²) in [5.74, 6) is 0.325. The maximum Gasteiger partial charge on any atom is 0.193 e. The number of rotatable bonds is 7. The molecule has 2 aromatic rings. The summed E-state index contributed by atoms with van der Waals surface area (Å²) in [5, 5.41) is 4.01. The first-order chi connectivity index (χ1) is 13.9. The van der Waals surface area contributed by atoms with Crippen LogP contribution in [0.4, 0.5) is 0 Å². The van der Waals surface area contributed by atoms with Crippen LogP contribution >= 0.6 is 11.3 Å². The number of likely N-dealkylation sites (tertiary alicyclic amines) is 1. The Morgan fingerprint density at radius 3 is 2.62 bits per heavy atom. The Morgan fingerprint density at radius 1 is 1.17 bits per heavy atom. The molecule has 3 atom stereocenters. The average molecular weight is 459 g/mol. The van der Waals surface area contributed by atoms with E-state index in [0.717, 1.165) is 43.0 Å². The second kappa shape index (κ2) is 8.50. The molecule has 1 N–H and O–H groups in total. The number of nitrogens with zero attached hydrogens (tertiary/aromatic N) is 1. The van der Waals surface area contributed by atoms with Crippen LogP contribution in [-0.2, 0) is 19.7 Å². The molecule has 2 aliphatic heterocycles. The van der Waals surface area contributed by atoms with Gasteiger partial charge in [-0.15, -0.1) is 11.3 Å². The molecule has 7 nitrogen and oxygen atoms in total. The second-order valence-electron chi connectivity index (χ2n) is 7.74. The fourth-order valence-electron chi connectivity index (χ4n) is 4.27. The van der Waals surface area contributed by atoms with E-state index >= 15 is 0 Å². The fourth-order valence-corrected chi connectivity index (χ4v) is 10.2. The molecule has 0 bridgehead atoms. The maximum atomic E-state index is 13.0. The molecule has 0 spiro atoms. The van der Waals surface area contributed by atoms with Crippen molar-refractivity contribution in [2.24, 2.45) is 0 Å². The van der Waals surface area contributed by atoms with E-state index in [0.29, 0.717) is 6.54 Å². The van der Waals surface area contributed by atoms with Crippen molar-refractivity contribution in [2.45, 2.75) is 40.8 Å². The van der Waals surface area contributed by atoms with Crippen LogP contribution in [0.5, 0.6) is 0 Å². The molecule has 2 aliphatic rings. The first-order valence-corrected chi connectivity index (χ1v) is 14.1. The van der Waals surface area contributed by atoms with Crippen LogP contribution in [0.15, 0.2) is 44.5 Å². The van der Waals surface area contributed by atoms with Gasteiger partial charge in [-0.25, -0.2) is 16.8 Å². The van der Waals surface area contributed by atoms with Gasteiger partial charge in [0.15, 0.2) is 19.7 Å². The zero-order chi connectivity index (χ0) is 20.5. The van der Waals surface area contributed by atoms with Crippen LogP contribution in [0.2, 0.25) is 0 Å². The van der Waals surface area contributed by atoms with Crippen molar-refractivity contribution < 1.29 is 21.3 Å². The van der Waals surface area contributed by atoms with Crippen molar-refractivity contribution in [1.82, 2.24) is 10.2 Å². The lowest BCUT2D eigenvalue weighted by Crippen LogP contribution is -2.47. The number of furan rings is 1. The Kier molecular flexibility index (Phi) is 6.17. The van der Waals surface area contributed by atoms with Gasteiger partial charge >= 0.3 is 0 Å². The van der Waals surface area contributed by atoms with E-state index in [1.54, 1.807) is 23.8 Å². The van der Waals surface area contributed by atoms with Crippen LogP contribution in [0.1, 0.15) is 31.1 Å². The van der Waals surface area contributed by atoms with E-state index in [-0.39, 0.29) is 21.8 Å². The van der Waals surface area contributed by atoms with E-state index in [4.69, 9.17) is 4.42 Å². The molecule has 0 amide bonds. The molecule has 2 aromatic heterocycles. The molecule has 0 aromatic carbocycles. The number of thiophene rings is 1. The molecular formula is C19H26N2O5S3. The lowest BCUT2D eigenvalue weighted by Gasteiger charge is -2.34. The summed E-state index contributed by atoms with van der Waals surface area (Å²) in [6.45, 7) is 2.35. The first-order valence-electron chi connectivity index (χ1n) is 9.85. The molecule has 4 rings (SSSR count). The average Bonchev–Trinajstić information content (AvgIpc) is 3.44. The molecule has 0 aliphatic carbocycles. The zero-order valence-electron chi connectivity index (χ0n) is 16.1. The zero-order valence-corrected chi connectivity index (χ0v) is 18.5. The van der Waals surface area contributed by atoms with Gasteiger partial charge in [0.2, 0.25) is 0 Å². The van der Waals surface area contributed by atoms with Gasteiger partial charge in [0.1, 0.15) is 9.97 Å². The topological polar surface area (TPSA) is 96.7 Å². The maximum absolute atomic E-state index is 13.0. The lowest BCUT2D eigenvalue weighted by atomic mass is 10.1. The second-order valence-corrected chi connectivity index (χ2v) is 13.2. The Balaban J connectivity index is 1.54. The van der Waals surface area contributed by atoms with Gasteiger partial charge in [-0.3, -0.25) is 4.90 Å². The van der Waals surface area contributed by atoms with Crippen LogP contribution in [-0.4, -0.2) is 64.2 Å². The van der Waals surface area contributed by atoms with Crippen molar-refractivity contribution in [2.75, 3.05) is 31.1 Å². The Labute approximate surface area is 175 Å². The minimum Gasteiger partial charge on any atom is -0.468 e. The standard InChI is InChI=1S/C19H26N2O5S3/c22-28(23)13-15(18(14-28)29(24,25)19-7-5-11-27-19)20-12-16(17-6-4-10-26-17)21-8-2-1-3-9-21/h4-7,10-11,15-16,18,20H,1-3,8-9,12-14H2/t15-,16?,18-/m0/s1. The van der Waals surface area contributed by atoms with Crippen LogP contribution in [0, 0.1) is 0 Å². The van der Waals surface area contributed by atoms with Crippen LogP contribution < -0.4 is 5.32 Å². The molecule has 4 heterocycles. The summed E-state index contributed by atoms with van der Waals surface area (Å²) in [7, 11) is -7.12. The molecule has 10 heteroatoms. The molecule has 29 heavy (non-hydrogen) atoms. The third-order valence-electron chi connectivity index (χ3n) is 5.75. The molecule has 1 unspecified atom stereocenters. The van der Waals surface area contributed by atoms with Gasteiger partial charge < -0.3 is 9.73 Å². The number of nitrogens with one attached hydrogen (secondary N) is 1. The molecular weight excluding hydrogens is 432 g/mol. The van der Waals surface area contributed by atoms with Crippen LogP contribution in [0.3, 0.4) is 0 Å². The minimum atomic E-state index is -3.70. The van der Waals surface area contributed by atoms with E-state index in [1.807, 2.05) is 12.1 Å². The minimum absolute atomic E-state index is 0.0429. The first kappa shape index (κ1) is 21.0. The van der Waals surface area contributed by atoms with E-state index in [1.165, 1.54) is 6.42 Å². The van der Waals surface area contributed by atoms with Gasteiger partial charge in [0, 0.05) is 12.6 Å². The van der Waals surface area contributed by atoms with Gasteiger partial charge in [-0.05, 0) is 49.5 Å². The highest BCUT2D eigenvalue weighted by molar-refractivity contribution is 7.97. The molecule has 0 saturated carbocycles. The third-order valence-corrected chi connectivity index (χ3v) is 11.3. The van der Waals surface area contributed by atoms with Gasteiger partial charge in [-0.2, -0.15) is 0 Å². The Hall–Kier alpha value is -1.20. The Bertz CT molecular complexity index is 994. The quantitative estimate of drug-likeness (QED) is 0.679. The normalized spacial score (nSPS) is 26.5. The predicted molar refractivity (Wildman–Crippen MR) is 113 cm³/mol. The van der Waals surface area contributed by atoms with Gasteiger partial charge in [0.25, 0.3) is 0 Å². The highest BCUT2D eigenvalue weighted by Crippen LogP contribution is 2.30. The van der Waals surface area contributed by atoms with Crippen LogP contribution in [0.25, 0.3) is 0 Å². The van der Waals surface area contributed by atoms with Gasteiger partial charge in [0.05, 0.1) is 29.1 Å². The summed E-state index contributed by atoms with van der Waals surface area (Å²) in [6.07, 6.45) is 5.07. The molecule has 160 valence electrons. The lowest BCUT2D eigenvalue weighted by molar-refractivity contribution is 0.141. The number of sulfone groups is 2. The number of hydrogen-bond donors (Lipinski definition) is 1. The van der Waals surface area contributed by atoms with Crippen molar-refractivity contribution in [3.63, 3.8) is 0 Å². The van der Waals surface area contributed by atoms with E-state index < -0.39 is 31.0 Å².